The summed E-state index contributed by atoms with van der Waals surface area (Å²) in [5, 5.41) is 7.36. The van der Waals surface area contributed by atoms with Crippen molar-refractivity contribution >= 4 is 18.1 Å². The standard InChI is InChI=1S/C17H22N4O2.ClH/c1-2-9-21(10-3-1)14-6-4-13(5-7-14)16-19-17(23-20-16)15-12-18-8-11-22-15;/h4-7,15,18H,1-3,8-12H2;1H/t15-;/m0./s1. The number of piperidine rings is 1. The Morgan fingerprint density at radius 1 is 1.08 bits per heavy atom. The van der Waals surface area contributed by atoms with Gasteiger partial charge in [-0.3, -0.25) is 0 Å². The summed E-state index contributed by atoms with van der Waals surface area (Å²) in [5.74, 6) is 1.17. The molecule has 1 atom stereocenters. The molecule has 3 heterocycles. The van der Waals surface area contributed by atoms with Gasteiger partial charge in [-0.25, -0.2) is 0 Å². The molecule has 2 aliphatic rings. The van der Waals surface area contributed by atoms with Crippen LogP contribution in [0.2, 0.25) is 0 Å². The van der Waals surface area contributed by atoms with Crippen molar-refractivity contribution in [3.8, 4) is 11.4 Å². The minimum atomic E-state index is -0.141. The number of ether oxygens (including phenoxy) is 1. The summed E-state index contributed by atoms with van der Waals surface area (Å²) >= 11 is 0. The summed E-state index contributed by atoms with van der Waals surface area (Å²) in [4.78, 5) is 6.93. The van der Waals surface area contributed by atoms with Crippen molar-refractivity contribution in [2.75, 3.05) is 37.7 Å². The van der Waals surface area contributed by atoms with Crippen molar-refractivity contribution in [3.05, 3.63) is 30.2 Å². The van der Waals surface area contributed by atoms with Crippen molar-refractivity contribution in [2.24, 2.45) is 0 Å². The van der Waals surface area contributed by atoms with Gasteiger partial charge in [0.15, 0.2) is 0 Å². The second-order valence-electron chi connectivity index (χ2n) is 6.11. The van der Waals surface area contributed by atoms with Gasteiger partial charge < -0.3 is 19.5 Å². The van der Waals surface area contributed by atoms with E-state index in [1.807, 2.05) is 0 Å². The maximum atomic E-state index is 5.65. The lowest BCUT2D eigenvalue weighted by Gasteiger charge is -2.28. The molecule has 1 N–H and O–H groups in total. The van der Waals surface area contributed by atoms with Gasteiger partial charge in [0.25, 0.3) is 5.89 Å². The smallest absolute Gasteiger partial charge is 0.257 e. The second-order valence-corrected chi connectivity index (χ2v) is 6.11. The summed E-state index contributed by atoms with van der Waals surface area (Å²) in [6.07, 6.45) is 3.77. The zero-order valence-electron chi connectivity index (χ0n) is 13.6. The summed E-state index contributed by atoms with van der Waals surface area (Å²) in [6.45, 7) is 4.56. The minimum Gasteiger partial charge on any atom is -0.372 e. The van der Waals surface area contributed by atoms with Gasteiger partial charge in [-0.2, -0.15) is 4.98 Å². The van der Waals surface area contributed by atoms with Crippen LogP contribution in [0.1, 0.15) is 31.3 Å². The van der Waals surface area contributed by atoms with E-state index in [1.165, 1.54) is 24.9 Å². The van der Waals surface area contributed by atoms with E-state index >= 15 is 0 Å². The highest BCUT2D eigenvalue weighted by molar-refractivity contribution is 5.85. The maximum Gasteiger partial charge on any atom is 0.257 e. The Balaban J connectivity index is 0.00000169. The molecule has 6 nitrogen and oxygen atoms in total. The molecule has 0 spiro atoms. The molecular weight excluding hydrogens is 328 g/mol. The molecule has 4 rings (SSSR count). The number of nitrogens with zero attached hydrogens (tertiary/aromatic N) is 3. The fourth-order valence-corrected chi connectivity index (χ4v) is 3.18. The molecule has 2 aromatic rings. The molecule has 0 bridgehead atoms. The lowest BCUT2D eigenvalue weighted by molar-refractivity contribution is 0.00755. The third-order valence-corrected chi connectivity index (χ3v) is 4.49. The van der Waals surface area contributed by atoms with E-state index < -0.39 is 0 Å². The SMILES string of the molecule is Cl.c1cc(N2CCCCC2)ccc1-c1noc([C@@H]2CNCCO2)n1. The van der Waals surface area contributed by atoms with Crippen LogP contribution >= 0.6 is 12.4 Å². The summed E-state index contributed by atoms with van der Waals surface area (Å²) < 4.78 is 11.0. The number of halogens is 1. The Bertz CT molecular complexity index is 634. The van der Waals surface area contributed by atoms with E-state index in [2.05, 4.69) is 44.6 Å². The van der Waals surface area contributed by atoms with Crippen LogP contribution < -0.4 is 10.2 Å². The van der Waals surface area contributed by atoms with Crippen molar-refractivity contribution in [1.29, 1.82) is 0 Å². The van der Waals surface area contributed by atoms with Crippen molar-refractivity contribution < 1.29 is 9.26 Å². The molecule has 0 saturated carbocycles. The molecule has 0 unspecified atom stereocenters. The van der Waals surface area contributed by atoms with Gasteiger partial charge in [-0.1, -0.05) is 5.16 Å². The van der Waals surface area contributed by atoms with E-state index in [9.17, 15) is 0 Å². The average molecular weight is 351 g/mol. The molecule has 1 aromatic carbocycles. The minimum absolute atomic E-state index is 0. The summed E-state index contributed by atoms with van der Waals surface area (Å²) in [6, 6.07) is 8.43. The number of nitrogens with one attached hydrogen (secondary N) is 1. The number of anilines is 1. The molecule has 7 heteroatoms. The Morgan fingerprint density at radius 2 is 1.88 bits per heavy atom. The predicted octanol–water partition coefficient (Wildman–Crippen LogP) is 2.81. The van der Waals surface area contributed by atoms with Crippen LogP contribution in [-0.2, 0) is 4.74 Å². The van der Waals surface area contributed by atoms with Gasteiger partial charge in [0.05, 0.1) is 6.61 Å². The van der Waals surface area contributed by atoms with Crippen LogP contribution in [0.15, 0.2) is 28.8 Å². The molecule has 24 heavy (non-hydrogen) atoms. The topological polar surface area (TPSA) is 63.4 Å². The van der Waals surface area contributed by atoms with Crippen molar-refractivity contribution in [3.63, 3.8) is 0 Å². The summed E-state index contributed by atoms with van der Waals surface area (Å²) in [7, 11) is 0. The first-order valence-electron chi connectivity index (χ1n) is 8.41. The lowest BCUT2D eigenvalue weighted by Crippen LogP contribution is -2.33. The van der Waals surface area contributed by atoms with Gasteiger partial charge in [0.2, 0.25) is 5.82 Å². The van der Waals surface area contributed by atoms with Crippen LogP contribution in [0, 0.1) is 0 Å². The van der Waals surface area contributed by atoms with E-state index in [0.717, 1.165) is 31.7 Å². The third kappa shape index (κ3) is 3.71. The Kier molecular flexibility index (Phi) is 5.71. The van der Waals surface area contributed by atoms with Gasteiger partial charge >= 0.3 is 0 Å². The average Bonchev–Trinajstić information content (AvgIpc) is 3.14. The molecule has 2 fully saturated rings. The largest absolute Gasteiger partial charge is 0.372 e. The van der Waals surface area contributed by atoms with Crippen LogP contribution in [-0.4, -0.2) is 42.9 Å². The van der Waals surface area contributed by atoms with Crippen LogP contribution in [0.4, 0.5) is 5.69 Å². The van der Waals surface area contributed by atoms with Crippen LogP contribution in [0.5, 0.6) is 0 Å². The zero-order chi connectivity index (χ0) is 15.5. The molecule has 0 amide bonds. The van der Waals surface area contributed by atoms with Crippen molar-refractivity contribution in [1.82, 2.24) is 15.5 Å². The number of aromatic nitrogens is 2. The first kappa shape index (κ1) is 17.2. The molecule has 1 aromatic heterocycles. The number of morpholine rings is 1. The van der Waals surface area contributed by atoms with Crippen LogP contribution in [0.3, 0.4) is 0 Å². The number of benzene rings is 1. The number of hydrogen-bond donors (Lipinski definition) is 1. The second kappa shape index (κ2) is 7.96. The molecule has 2 saturated heterocycles. The maximum absolute atomic E-state index is 5.65. The van der Waals surface area contributed by atoms with Gasteiger partial charge in [-0.15, -0.1) is 12.4 Å². The number of rotatable bonds is 3. The molecule has 2 aliphatic heterocycles. The normalized spacial score (nSPS) is 21.3. The fraction of sp³-hybridized carbons (Fsp3) is 0.529. The van der Waals surface area contributed by atoms with E-state index in [-0.39, 0.29) is 18.5 Å². The first-order chi connectivity index (χ1) is 11.4. The van der Waals surface area contributed by atoms with E-state index in [4.69, 9.17) is 9.26 Å². The molecule has 130 valence electrons. The third-order valence-electron chi connectivity index (χ3n) is 4.49. The monoisotopic (exact) mass is 350 g/mol. The fourth-order valence-electron chi connectivity index (χ4n) is 3.18. The lowest BCUT2D eigenvalue weighted by atomic mass is 10.1. The van der Waals surface area contributed by atoms with Gasteiger partial charge in [0, 0.05) is 37.4 Å². The van der Waals surface area contributed by atoms with E-state index in [1.54, 1.807) is 0 Å². The quantitative estimate of drug-likeness (QED) is 0.918. The van der Waals surface area contributed by atoms with Crippen LogP contribution in [0.25, 0.3) is 11.4 Å². The molecule has 0 radical (unpaired) electrons. The zero-order valence-corrected chi connectivity index (χ0v) is 14.4. The highest BCUT2D eigenvalue weighted by Gasteiger charge is 2.22. The first-order valence-corrected chi connectivity index (χ1v) is 8.41. The van der Waals surface area contributed by atoms with Gasteiger partial charge in [0.1, 0.15) is 6.10 Å². The van der Waals surface area contributed by atoms with Gasteiger partial charge in [-0.05, 0) is 43.5 Å². The highest BCUT2D eigenvalue weighted by Crippen LogP contribution is 2.25. The Morgan fingerprint density at radius 3 is 2.58 bits per heavy atom. The Hall–Kier alpha value is -1.63. The predicted molar refractivity (Wildman–Crippen MR) is 94.6 cm³/mol. The van der Waals surface area contributed by atoms with E-state index in [0.29, 0.717) is 18.3 Å². The number of hydrogen-bond acceptors (Lipinski definition) is 6. The highest BCUT2D eigenvalue weighted by atomic mass is 35.5. The molecule has 0 aliphatic carbocycles. The Labute approximate surface area is 148 Å². The summed E-state index contributed by atoms with van der Waals surface area (Å²) in [5.41, 5.74) is 2.25. The van der Waals surface area contributed by atoms with Crippen molar-refractivity contribution in [2.45, 2.75) is 25.4 Å². The molecular formula is C17H23ClN4O2.